The molecule has 0 spiro atoms. The summed E-state index contributed by atoms with van der Waals surface area (Å²) in [7, 11) is 4.06. The Hall–Kier alpha value is -1.59. The number of hydrogen-bond acceptors (Lipinski definition) is 4. The molecule has 1 aromatic rings. The average Bonchev–Trinajstić information content (AvgIpc) is 3.13. The molecular formula is C24H37N3O2. The Balaban J connectivity index is 1.40. The van der Waals surface area contributed by atoms with E-state index in [-0.39, 0.29) is 5.41 Å². The number of hydrogen-bond donors (Lipinski definition) is 1. The molecule has 0 radical (unpaired) electrons. The van der Waals surface area contributed by atoms with Crippen molar-refractivity contribution in [3.63, 3.8) is 0 Å². The predicted molar refractivity (Wildman–Crippen MR) is 116 cm³/mol. The molecule has 29 heavy (non-hydrogen) atoms. The van der Waals surface area contributed by atoms with Gasteiger partial charge in [-0.15, -0.1) is 0 Å². The number of rotatable bonds is 8. The molecule has 1 amide bonds. The number of carbonyl (C=O) groups is 1. The van der Waals surface area contributed by atoms with E-state index in [2.05, 4.69) is 42.4 Å². The maximum absolute atomic E-state index is 11.7. The minimum Gasteiger partial charge on any atom is -0.497 e. The first-order valence-electron chi connectivity index (χ1n) is 11.4. The van der Waals surface area contributed by atoms with Crippen molar-refractivity contribution in [1.29, 1.82) is 0 Å². The van der Waals surface area contributed by atoms with E-state index in [1.54, 1.807) is 7.11 Å². The second kappa shape index (κ2) is 8.65. The lowest BCUT2D eigenvalue weighted by Gasteiger charge is -2.55. The van der Waals surface area contributed by atoms with Crippen LogP contribution in [0.4, 0.5) is 0 Å². The van der Waals surface area contributed by atoms with E-state index in [4.69, 9.17) is 4.74 Å². The molecule has 2 bridgehead atoms. The zero-order valence-corrected chi connectivity index (χ0v) is 18.4. The molecule has 2 fully saturated rings. The van der Waals surface area contributed by atoms with Gasteiger partial charge in [0.25, 0.3) is 0 Å². The van der Waals surface area contributed by atoms with Crippen LogP contribution >= 0.6 is 0 Å². The summed E-state index contributed by atoms with van der Waals surface area (Å²) < 4.78 is 5.58. The molecule has 1 aromatic carbocycles. The molecule has 1 aliphatic carbocycles. The minimum atomic E-state index is 0.233. The van der Waals surface area contributed by atoms with Crippen molar-refractivity contribution in [2.75, 3.05) is 46.9 Å². The number of methoxy groups -OCH3 is 1. The highest BCUT2D eigenvalue weighted by Crippen LogP contribution is 2.51. The second-order valence-electron chi connectivity index (χ2n) is 9.31. The van der Waals surface area contributed by atoms with Crippen molar-refractivity contribution in [3.8, 4) is 5.75 Å². The van der Waals surface area contributed by atoms with Crippen LogP contribution in [0.15, 0.2) is 18.2 Å². The standard InChI is InChI=1S/C24H37N3O2/c1-18-22-16-19-7-8-20(29-3)17-21(19)24(18,10-15-26(22)2)9-12-25-11-5-14-27-13-4-6-23(27)28/h7-8,17-18,22,25H,4-6,9-16H2,1-3H3/t18-,22+,24+/m0/s1. The molecule has 2 saturated heterocycles. The molecular weight excluding hydrogens is 362 g/mol. The van der Waals surface area contributed by atoms with Crippen molar-refractivity contribution in [3.05, 3.63) is 29.3 Å². The van der Waals surface area contributed by atoms with Crippen LogP contribution in [0.3, 0.4) is 0 Å². The Morgan fingerprint density at radius 1 is 1.28 bits per heavy atom. The topological polar surface area (TPSA) is 44.8 Å². The third-order valence-corrected chi connectivity index (χ3v) is 7.91. The van der Waals surface area contributed by atoms with Crippen molar-refractivity contribution in [1.82, 2.24) is 15.1 Å². The fraction of sp³-hybridized carbons (Fsp3) is 0.708. The van der Waals surface area contributed by atoms with Crippen LogP contribution in [-0.4, -0.2) is 68.6 Å². The number of fused-ring (bicyclic) bond motifs is 4. The Bertz CT molecular complexity index is 737. The molecule has 160 valence electrons. The Labute approximate surface area is 175 Å². The number of carbonyl (C=O) groups excluding carboxylic acids is 1. The van der Waals surface area contributed by atoms with Gasteiger partial charge in [0.05, 0.1) is 7.11 Å². The minimum absolute atomic E-state index is 0.233. The number of likely N-dealkylation sites (tertiary alicyclic amines) is 2. The zero-order valence-electron chi connectivity index (χ0n) is 18.4. The normalized spacial score (nSPS) is 29.2. The molecule has 4 rings (SSSR count). The van der Waals surface area contributed by atoms with Gasteiger partial charge >= 0.3 is 0 Å². The predicted octanol–water partition coefficient (Wildman–Crippen LogP) is 2.82. The molecule has 2 aliphatic heterocycles. The third kappa shape index (κ3) is 3.91. The summed E-state index contributed by atoms with van der Waals surface area (Å²) in [6.07, 6.45) is 6.35. The van der Waals surface area contributed by atoms with Gasteiger partial charge in [-0.3, -0.25) is 4.79 Å². The first kappa shape index (κ1) is 20.7. The lowest BCUT2D eigenvalue weighted by molar-refractivity contribution is -0.127. The summed E-state index contributed by atoms with van der Waals surface area (Å²) in [6, 6.07) is 7.36. The number of likely N-dealkylation sites (N-methyl/N-ethyl adjacent to an activating group) is 1. The van der Waals surface area contributed by atoms with Crippen molar-refractivity contribution >= 4 is 5.91 Å². The first-order valence-corrected chi connectivity index (χ1v) is 11.4. The fourth-order valence-electron chi connectivity index (χ4n) is 6.04. The monoisotopic (exact) mass is 399 g/mol. The van der Waals surface area contributed by atoms with E-state index < -0.39 is 0 Å². The van der Waals surface area contributed by atoms with Gasteiger partial charge in [0.15, 0.2) is 0 Å². The molecule has 0 unspecified atom stereocenters. The molecule has 5 nitrogen and oxygen atoms in total. The highest BCUT2D eigenvalue weighted by molar-refractivity contribution is 5.77. The highest BCUT2D eigenvalue weighted by Gasteiger charge is 2.50. The Morgan fingerprint density at radius 3 is 2.90 bits per heavy atom. The Morgan fingerprint density at radius 2 is 2.14 bits per heavy atom. The van der Waals surface area contributed by atoms with E-state index >= 15 is 0 Å². The molecule has 3 atom stereocenters. The number of nitrogens with one attached hydrogen (secondary N) is 1. The van der Waals surface area contributed by atoms with Gasteiger partial charge in [0.2, 0.25) is 5.91 Å². The summed E-state index contributed by atoms with van der Waals surface area (Å²) >= 11 is 0. The molecule has 1 N–H and O–H groups in total. The SMILES string of the molecule is COc1ccc2c(c1)[C@]1(CCNCCCN3CCCC3=O)CCN(C)[C@H](C2)[C@@H]1C. The van der Waals surface area contributed by atoms with Gasteiger partial charge in [-0.25, -0.2) is 0 Å². The van der Waals surface area contributed by atoms with Crippen molar-refractivity contribution in [2.45, 2.75) is 56.9 Å². The summed E-state index contributed by atoms with van der Waals surface area (Å²) in [6.45, 7) is 7.51. The molecule has 5 heteroatoms. The maximum Gasteiger partial charge on any atom is 0.222 e. The molecule has 0 saturated carbocycles. The smallest absolute Gasteiger partial charge is 0.222 e. The van der Waals surface area contributed by atoms with Crippen LogP contribution in [0.2, 0.25) is 0 Å². The largest absolute Gasteiger partial charge is 0.497 e. The summed E-state index contributed by atoms with van der Waals surface area (Å²) in [5, 5.41) is 3.68. The van der Waals surface area contributed by atoms with Crippen LogP contribution in [0.25, 0.3) is 0 Å². The average molecular weight is 400 g/mol. The molecule has 3 aliphatic rings. The van der Waals surface area contributed by atoms with Crippen molar-refractivity contribution in [2.24, 2.45) is 5.92 Å². The lowest BCUT2D eigenvalue weighted by Crippen LogP contribution is -2.58. The maximum atomic E-state index is 11.7. The fourth-order valence-corrected chi connectivity index (χ4v) is 6.04. The number of benzene rings is 1. The van der Waals surface area contributed by atoms with Gasteiger partial charge < -0.3 is 19.9 Å². The van der Waals surface area contributed by atoms with E-state index in [0.29, 0.717) is 17.9 Å². The Kier molecular flexibility index (Phi) is 6.16. The highest BCUT2D eigenvalue weighted by atomic mass is 16.5. The van der Waals surface area contributed by atoms with E-state index in [1.807, 2.05) is 4.90 Å². The quantitative estimate of drug-likeness (QED) is 0.683. The van der Waals surface area contributed by atoms with E-state index in [9.17, 15) is 4.79 Å². The van der Waals surface area contributed by atoms with Gasteiger partial charge in [-0.2, -0.15) is 0 Å². The number of piperidine rings is 1. The van der Waals surface area contributed by atoms with Crippen LogP contribution in [0, 0.1) is 5.92 Å². The zero-order chi connectivity index (χ0) is 20.4. The number of amides is 1. The van der Waals surface area contributed by atoms with E-state index in [0.717, 1.165) is 57.6 Å². The van der Waals surface area contributed by atoms with Crippen molar-refractivity contribution < 1.29 is 9.53 Å². The number of ether oxygens (including phenoxy) is 1. The second-order valence-corrected chi connectivity index (χ2v) is 9.31. The van der Waals surface area contributed by atoms with Gasteiger partial charge in [0, 0.05) is 31.0 Å². The van der Waals surface area contributed by atoms with Crippen LogP contribution in [0.5, 0.6) is 5.75 Å². The summed E-state index contributed by atoms with van der Waals surface area (Å²) in [4.78, 5) is 16.3. The van der Waals surface area contributed by atoms with E-state index in [1.165, 1.54) is 30.5 Å². The first-order chi connectivity index (χ1) is 14.0. The molecule has 0 aromatic heterocycles. The lowest BCUT2D eigenvalue weighted by atomic mass is 9.56. The van der Waals surface area contributed by atoms with Gasteiger partial charge in [-0.1, -0.05) is 13.0 Å². The van der Waals surface area contributed by atoms with Gasteiger partial charge in [-0.05, 0) is 88.0 Å². The van der Waals surface area contributed by atoms with Crippen LogP contribution in [-0.2, 0) is 16.6 Å². The van der Waals surface area contributed by atoms with Crippen LogP contribution in [0.1, 0.15) is 50.2 Å². The van der Waals surface area contributed by atoms with Gasteiger partial charge in [0.1, 0.15) is 5.75 Å². The summed E-state index contributed by atoms with van der Waals surface area (Å²) in [5.41, 5.74) is 3.27. The molecule has 2 heterocycles. The summed E-state index contributed by atoms with van der Waals surface area (Å²) in [5.74, 6) is 1.96. The third-order valence-electron chi connectivity index (χ3n) is 7.91. The number of nitrogens with zero attached hydrogens (tertiary/aromatic N) is 2. The van der Waals surface area contributed by atoms with Crippen LogP contribution < -0.4 is 10.1 Å².